The Morgan fingerprint density at radius 3 is 2.58 bits per heavy atom. The number of hydrogen-bond acceptors (Lipinski definition) is 2. The molecule has 3 nitrogen and oxygen atoms in total. The Labute approximate surface area is 115 Å². The second-order valence-corrected chi connectivity index (χ2v) is 7.85. The van der Waals surface area contributed by atoms with E-state index in [9.17, 15) is 8.42 Å². The first kappa shape index (κ1) is 13.1. The van der Waals surface area contributed by atoms with Gasteiger partial charge in [-0.2, -0.15) is 0 Å². The van der Waals surface area contributed by atoms with Gasteiger partial charge in [0.05, 0.1) is 4.90 Å². The summed E-state index contributed by atoms with van der Waals surface area (Å²) in [5, 5.41) is 0. The van der Waals surface area contributed by atoms with Crippen molar-refractivity contribution in [3.8, 4) is 0 Å². The third-order valence-electron chi connectivity index (χ3n) is 4.68. The second-order valence-electron chi connectivity index (χ2n) is 6.17. The molecule has 1 N–H and O–H groups in total. The Morgan fingerprint density at radius 2 is 1.95 bits per heavy atom. The van der Waals surface area contributed by atoms with Gasteiger partial charge in [0.2, 0.25) is 10.0 Å². The lowest BCUT2D eigenvalue weighted by molar-refractivity contribution is 0.390. The first-order valence-electron chi connectivity index (χ1n) is 7.05. The highest BCUT2D eigenvalue weighted by Gasteiger charge is 2.41. The van der Waals surface area contributed by atoms with Crippen LogP contribution in [-0.2, 0) is 10.0 Å². The summed E-state index contributed by atoms with van der Waals surface area (Å²) in [7, 11) is -3.37. The van der Waals surface area contributed by atoms with Crippen LogP contribution in [0.15, 0.2) is 23.1 Å². The first-order valence-corrected chi connectivity index (χ1v) is 8.53. The third kappa shape index (κ3) is 2.43. The molecule has 1 aromatic rings. The van der Waals surface area contributed by atoms with Gasteiger partial charge in [-0.15, -0.1) is 0 Å². The number of rotatable bonds is 3. The third-order valence-corrected chi connectivity index (χ3v) is 6.31. The number of aryl methyl sites for hydroxylation is 2. The molecule has 0 radical (unpaired) electrons. The molecule has 2 fully saturated rings. The number of hydrogen-bond donors (Lipinski definition) is 1. The van der Waals surface area contributed by atoms with Crippen LogP contribution in [0, 0.1) is 25.7 Å². The quantitative estimate of drug-likeness (QED) is 0.924. The SMILES string of the molecule is Cc1ccc(C)c(S(=O)(=O)N[C@@H]2C[C@H]3CC[C@H]2C3)c1. The number of nitrogens with one attached hydrogen (secondary N) is 1. The molecule has 0 aliphatic heterocycles. The number of benzene rings is 1. The highest BCUT2D eigenvalue weighted by molar-refractivity contribution is 7.89. The van der Waals surface area contributed by atoms with E-state index in [4.69, 9.17) is 0 Å². The van der Waals surface area contributed by atoms with Gasteiger partial charge in [-0.1, -0.05) is 18.6 Å². The van der Waals surface area contributed by atoms with Crippen molar-refractivity contribution in [2.75, 3.05) is 0 Å². The van der Waals surface area contributed by atoms with E-state index in [-0.39, 0.29) is 6.04 Å². The molecular weight excluding hydrogens is 258 g/mol. The number of fused-ring (bicyclic) bond motifs is 2. The summed E-state index contributed by atoms with van der Waals surface area (Å²) in [5.41, 5.74) is 1.81. The Hall–Kier alpha value is -0.870. The van der Waals surface area contributed by atoms with Crippen LogP contribution >= 0.6 is 0 Å². The van der Waals surface area contributed by atoms with Gasteiger partial charge in [0.15, 0.2) is 0 Å². The molecule has 104 valence electrons. The highest BCUT2D eigenvalue weighted by atomic mass is 32.2. The lowest BCUT2D eigenvalue weighted by atomic mass is 9.96. The van der Waals surface area contributed by atoms with Crippen LogP contribution in [-0.4, -0.2) is 14.5 Å². The Morgan fingerprint density at radius 1 is 1.16 bits per heavy atom. The van der Waals surface area contributed by atoms with Crippen molar-refractivity contribution in [3.63, 3.8) is 0 Å². The van der Waals surface area contributed by atoms with Crippen LogP contribution < -0.4 is 4.72 Å². The molecule has 0 spiro atoms. The minimum Gasteiger partial charge on any atom is -0.208 e. The van der Waals surface area contributed by atoms with Gasteiger partial charge < -0.3 is 0 Å². The molecule has 2 saturated carbocycles. The molecule has 2 aliphatic rings. The van der Waals surface area contributed by atoms with Crippen LogP contribution in [0.3, 0.4) is 0 Å². The molecular formula is C15H21NO2S. The monoisotopic (exact) mass is 279 g/mol. The maximum absolute atomic E-state index is 12.5. The van der Waals surface area contributed by atoms with Crippen molar-refractivity contribution < 1.29 is 8.42 Å². The van der Waals surface area contributed by atoms with E-state index in [2.05, 4.69) is 4.72 Å². The molecule has 0 aromatic heterocycles. The lowest BCUT2D eigenvalue weighted by Crippen LogP contribution is -2.38. The summed E-state index contributed by atoms with van der Waals surface area (Å²) in [6, 6.07) is 5.75. The molecule has 0 amide bonds. The van der Waals surface area contributed by atoms with E-state index < -0.39 is 10.0 Å². The molecule has 3 atom stereocenters. The van der Waals surface area contributed by atoms with Crippen LogP contribution in [0.2, 0.25) is 0 Å². The molecule has 0 saturated heterocycles. The molecule has 1 aromatic carbocycles. The summed E-state index contributed by atoms with van der Waals surface area (Å²) < 4.78 is 28.0. The molecule has 2 aliphatic carbocycles. The minimum atomic E-state index is -3.37. The summed E-state index contributed by atoms with van der Waals surface area (Å²) in [5.74, 6) is 1.31. The van der Waals surface area contributed by atoms with E-state index in [1.54, 1.807) is 6.07 Å². The van der Waals surface area contributed by atoms with E-state index >= 15 is 0 Å². The van der Waals surface area contributed by atoms with Crippen LogP contribution in [0.5, 0.6) is 0 Å². The van der Waals surface area contributed by atoms with Gasteiger partial charge in [0.25, 0.3) is 0 Å². The zero-order chi connectivity index (χ0) is 13.6. The van der Waals surface area contributed by atoms with Gasteiger partial charge in [-0.05, 0) is 62.1 Å². The first-order chi connectivity index (χ1) is 8.95. The van der Waals surface area contributed by atoms with Crippen molar-refractivity contribution >= 4 is 10.0 Å². The standard InChI is InChI=1S/C15H21NO2S/c1-10-3-4-11(2)15(7-10)19(17,18)16-14-9-12-5-6-13(14)8-12/h3-4,7,12-14,16H,5-6,8-9H2,1-2H3/t12-,13-,14+/m0/s1. The summed E-state index contributed by atoms with van der Waals surface area (Å²) in [4.78, 5) is 0.440. The summed E-state index contributed by atoms with van der Waals surface area (Å²) in [6.45, 7) is 3.78. The zero-order valence-corrected chi connectivity index (χ0v) is 12.3. The Balaban J connectivity index is 1.85. The molecule has 19 heavy (non-hydrogen) atoms. The van der Waals surface area contributed by atoms with E-state index in [0.717, 1.165) is 23.5 Å². The fourth-order valence-corrected chi connectivity index (χ4v) is 5.30. The summed E-state index contributed by atoms with van der Waals surface area (Å²) in [6.07, 6.45) is 4.70. The lowest BCUT2D eigenvalue weighted by Gasteiger charge is -2.23. The van der Waals surface area contributed by atoms with Gasteiger partial charge in [0.1, 0.15) is 0 Å². The maximum Gasteiger partial charge on any atom is 0.241 e. The minimum absolute atomic E-state index is 0.156. The Bertz CT molecular complexity index is 594. The fraction of sp³-hybridized carbons (Fsp3) is 0.600. The van der Waals surface area contributed by atoms with Crippen LogP contribution in [0.25, 0.3) is 0 Å². The topological polar surface area (TPSA) is 46.2 Å². The van der Waals surface area contributed by atoms with Crippen molar-refractivity contribution in [1.82, 2.24) is 4.72 Å². The average molecular weight is 279 g/mol. The summed E-state index contributed by atoms with van der Waals surface area (Å²) >= 11 is 0. The van der Waals surface area contributed by atoms with Crippen LogP contribution in [0.4, 0.5) is 0 Å². The van der Waals surface area contributed by atoms with E-state index in [0.29, 0.717) is 10.8 Å². The van der Waals surface area contributed by atoms with Crippen molar-refractivity contribution in [2.45, 2.75) is 50.5 Å². The number of sulfonamides is 1. The molecule has 0 unspecified atom stereocenters. The normalized spacial score (nSPS) is 29.9. The maximum atomic E-state index is 12.5. The van der Waals surface area contributed by atoms with E-state index in [1.165, 1.54) is 19.3 Å². The van der Waals surface area contributed by atoms with Crippen LogP contribution in [0.1, 0.15) is 36.8 Å². The molecule has 3 rings (SSSR count). The smallest absolute Gasteiger partial charge is 0.208 e. The predicted molar refractivity (Wildman–Crippen MR) is 75.5 cm³/mol. The molecule has 0 heterocycles. The Kier molecular flexibility index (Phi) is 3.18. The predicted octanol–water partition coefficient (Wildman–Crippen LogP) is 2.77. The molecule has 4 heteroatoms. The van der Waals surface area contributed by atoms with Gasteiger partial charge in [-0.3, -0.25) is 0 Å². The molecule has 2 bridgehead atoms. The van der Waals surface area contributed by atoms with Gasteiger partial charge >= 0.3 is 0 Å². The van der Waals surface area contributed by atoms with Crippen molar-refractivity contribution in [3.05, 3.63) is 29.3 Å². The largest absolute Gasteiger partial charge is 0.241 e. The van der Waals surface area contributed by atoms with Gasteiger partial charge in [0, 0.05) is 6.04 Å². The average Bonchev–Trinajstić information content (AvgIpc) is 2.93. The fourth-order valence-electron chi connectivity index (χ4n) is 3.65. The second kappa shape index (κ2) is 4.60. The van der Waals surface area contributed by atoms with Gasteiger partial charge in [-0.25, -0.2) is 13.1 Å². The van der Waals surface area contributed by atoms with Crippen molar-refractivity contribution in [2.24, 2.45) is 11.8 Å². The van der Waals surface area contributed by atoms with Crippen molar-refractivity contribution in [1.29, 1.82) is 0 Å². The highest BCUT2D eigenvalue weighted by Crippen LogP contribution is 2.44. The van der Waals surface area contributed by atoms with E-state index in [1.807, 2.05) is 26.0 Å². The zero-order valence-electron chi connectivity index (χ0n) is 11.5.